The fourth-order valence-corrected chi connectivity index (χ4v) is 2.76. The highest BCUT2D eigenvalue weighted by Crippen LogP contribution is 2.29. The minimum absolute atomic E-state index is 0.319. The molecule has 1 aromatic heterocycles. The molecule has 0 atom stereocenters. The van der Waals surface area contributed by atoms with Crippen LogP contribution < -0.4 is 0 Å². The Hall–Kier alpha value is -1.39. The van der Waals surface area contributed by atoms with Gasteiger partial charge in [-0.15, -0.1) is 0 Å². The smallest absolute Gasteiger partial charge is 0.185 e. The Labute approximate surface area is 145 Å². The molecular weight excluding hydrogens is 333 g/mol. The number of nitrogens with zero attached hydrogens (tertiary/aromatic N) is 1. The van der Waals surface area contributed by atoms with Crippen molar-refractivity contribution < 1.29 is 9.47 Å². The van der Waals surface area contributed by atoms with Crippen LogP contribution in [0.5, 0.6) is 0 Å². The average molecular weight is 350 g/mol. The van der Waals surface area contributed by atoms with Crippen LogP contribution >= 0.6 is 23.2 Å². The van der Waals surface area contributed by atoms with Crippen molar-refractivity contribution in [3.63, 3.8) is 0 Å². The number of rotatable bonds is 3. The predicted octanol–water partition coefficient (Wildman–Crippen LogP) is 5.29. The third-order valence-electron chi connectivity index (χ3n) is 3.66. The first-order valence-corrected chi connectivity index (χ1v) is 8.20. The number of halogens is 2. The molecule has 2 aromatic rings. The van der Waals surface area contributed by atoms with Crippen LogP contribution in [-0.2, 0) is 9.47 Å². The third-order valence-corrected chi connectivity index (χ3v) is 4.40. The number of aromatic nitrogens is 1. The molecule has 0 radical (unpaired) electrons. The Morgan fingerprint density at radius 3 is 2.48 bits per heavy atom. The van der Waals surface area contributed by atoms with Gasteiger partial charge in [-0.25, -0.2) is 0 Å². The van der Waals surface area contributed by atoms with E-state index >= 15 is 0 Å². The van der Waals surface area contributed by atoms with Crippen LogP contribution in [0.25, 0.3) is 11.3 Å². The Balaban J connectivity index is 1.71. The van der Waals surface area contributed by atoms with Crippen LogP contribution in [0.3, 0.4) is 0 Å². The lowest BCUT2D eigenvalue weighted by Gasteiger charge is -2.28. The molecule has 0 amide bonds. The molecule has 0 aliphatic carbocycles. The summed E-state index contributed by atoms with van der Waals surface area (Å²) in [6.07, 6.45) is 5.54. The van der Waals surface area contributed by atoms with E-state index in [1.54, 1.807) is 18.3 Å². The van der Waals surface area contributed by atoms with Gasteiger partial charge in [-0.1, -0.05) is 47.5 Å². The van der Waals surface area contributed by atoms with E-state index in [0.717, 1.165) is 16.8 Å². The van der Waals surface area contributed by atoms with Crippen LogP contribution in [0.4, 0.5) is 0 Å². The number of ether oxygens (including phenoxy) is 2. The van der Waals surface area contributed by atoms with Crippen molar-refractivity contribution in [3.8, 4) is 11.3 Å². The first kappa shape index (κ1) is 16.5. The standard InChI is InChI=1S/C18H17Cl2NO2/c1-2-3-12-10-22-18(23-11-12)14-5-7-17(21-9-14)13-4-6-15(19)16(20)8-13/h2-9,12,18H,10-11H2,1H3/t12-,18-. The normalized spacial score (nSPS) is 21.7. The van der Waals surface area contributed by atoms with Gasteiger partial charge in [-0.05, 0) is 25.1 Å². The summed E-state index contributed by atoms with van der Waals surface area (Å²) in [5.41, 5.74) is 2.66. The summed E-state index contributed by atoms with van der Waals surface area (Å²) < 4.78 is 11.5. The monoisotopic (exact) mass is 349 g/mol. The van der Waals surface area contributed by atoms with Gasteiger partial charge in [0.15, 0.2) is 6.29 Å². The van der Waals surface area contributed by atoms with Crippen molar-refractivity contribution in [2.24, 2.45) is 5.92 Å². The molecule has 120 valence electrons. The van der Waals surface area contributed by atoms with Crippen LogP contribution in [-0.4, -0.2) is 18.2 Å². The van der Waals surface area contributed by atoms with E-state index in [1.807, 2.05) is 31.2 Å². The lowest BCUT2D eigenvalue weighted by atomic mass is 10.1. The van der Waals surface area contributed by atoms with Gasteiger partial charge < -0.3 is 9.47 Å². The molecule has 5 heteroatoms. The molecule has 0 spiro atoms. The van der Waals surface area contributed by atoms with Gasteiger partial charge in [0.2, 0.25) is 0 Å². The molecule has 1 aliphatic rings. The SMILES string of the molecule is CC=C[C@H]1CO[C@H](c2ccc(-c3ccc(Cl)c(Cl)c3)nc2)OC1. The van der Waals surface area contributed by atoms with Crippen LogP contribution in [0.1, 0.15) is 18.8 Å². The van der Waals surface area contributed by atoms with E-state index < -0.39 is 0 Å². The maximum Gasteiger partial charge on any atom is 0.185 e. The zero-order valence-corrected chi connectivity index (χ0v) is 14.2. The fourth-order valence-electron chi connectivity index (χ4n) is 2.46. The van der Waals surface area contributed by atoms with Crippen LogP contribution in [0.2, 0.25) is 10.0 Å². The molecular formula is C18H17Cl2NO2. The molecule has 1 fully saturated rings. The lowest BCUT2D eigenvalue weighted by molar-refractivity contribution is -0.197. The minimum Gasteiger partial charge on any atom is -0.348 e. The number of benzene rings is 1. The quantitative estimate of drug-likeness (QED) is 0.705. The van der Waals surface area contributed by atoms with E-state index in [9.17, 15) is 0 Å². The van der Waals surface area contributed by atoms with Crippen LogP contribution in [0, 0.1) is 5.92 Å². The highest BCUT2D eigenvalue weighted by Gasteiger charge is 2.22. The topological polar surface area (TPSA) is 31.4 Å². The Kier molecular flexibility index (Phi) is 5.34. The maximum absolute atomic E-state index is 6.05. The number of hydrogen-bond acceptors (Lipinski definition) is 3. The van der Waals surface area contributed by atoms with Crippen LogP contribution in [0.15, 0.2) is 48.7 Å². The minimum atomic E-state index is -0.355. The molecule has 0 saturated carbocycles. The van der Waals surface area contributed by atoms with Gasteiger partial charge >= 0.3 is 0 Å². The van der Waals surface area contributed by atoms with Gasteiger partial charge in [0, 0.05) is 23.2 Å². The molecule has 2 heterocycles. The molecule has 1 aromatic carbocycles. The second kappa shape index (κ2) is 7.45. The molecule has 1 saturated heterocycles. The molecule has 3 rings (SSSR count). The molecule has 23 heavy (non-hydrogen) atoms. The first-order valence-electron chi connectivity index (χ1n) is 7.45. The average Bonchev–Trinajstić information content (AvgIpc) is 2.59. The second-order valence-electron chi connectivity index (χ2n) is 5.39. The summed E-state index contributed by atoms with van der Waals surface area (Å²) in [5, 5.41) is 1.05. The van der Waals surface area contributed by atoms with E-state index in [1.165, 1.54) is 0 Å². The Morgan fingerprint density at radius 2 is 1.87 bits per heavy atom. The number of hydrogen-bond donors (Lipinski definition) is 0. The van der Waals surface area contributed by atoms with Gasteiger partial charge in [0.1, 0.15) is 0 Å². The largest absolute Gasteiger partial charge is 0.348 e. The molecule has 0 N–H and O–H groups in total. The van der Waals surface area contributed by atoms with Gasteiger partial charge in [0.25, 0.3) is 0 Å². The summed E-state index contributed by atoms with van der Waals surface area (Å²) in [7, 11) is 0. The van der Waals surface area contributed by atoms with Gasteiger partial charge in [0.05, 0.1) is 29.0 Å². The zero-order valence-electron chi connectivity index (χ0n) is 12.7. The van der Waals surface area contributed by atoms with Gasteiger partial charge in [-0.3, -0.25) is 4.98 Å². The van der Waals surface area contributed by atoms with E-state index in [4.69, 9.17) is 32.7 Å². The zero-order chi connectivity index (χ0) is 16.2. The van der Waals surface area contributed by atoms with Crippen molar-refractivity contribution in [1.82, 2.24) is 4.98 Å². The van der Waals surface area contributed by atoms with Crippen molar-refractivity contribution >= 4 is 23.2 Å². The molecule has 0 bridgehead atoms. The van der Waals surface area contributed by atoms with E-state index in [0.29, 0.717) is 29.2 Å². The van der Waals surface area contributed by atoms with Gasteiger partial charge in [-0.2, -0.15) is 0 Å². The van der Waals surface area contributed by atoms with Crippen molar-refractivity contribution in [2.45, 2.75) is 13.2 Å². The summed E-state index contributed by atoms with van der Waals surface area (Å²) >= 11 is 12.0. The summed E-state index contributed by atoms with van der Waals surface area (Å²) in [6.45, 7) is 3.31. The highest BCUT2D eigenvalue weighted by molar-refractivity contribution is 6.42. The molecule has 3 nitrogen and oxygen atoms in total. The maximum atomic E-state index is 6.05. The molecule has 1 aliphatic heterocycles. The Bertz CT molecular complexity index is 693. The highest BCUT2D eigenvalue weighted by atomic mass is 35.5. The fraction of sp³-hybridized carbons (Fsp3) is 0.278. The Morgan fingerprint density at radius 1 is 1.09 bits per heavy atom. The van der Waals surface area contributed by atoms with Crippen molar-refractivity contribution in [2.75, 3.05) is 13.2 Å². The first-order chi connectivity index (χ1) is 11.2. The third kappa shape index (κ3) is 3.93. The number of pyridine rings is 1. The van der Waals surface area contributed by atoms with Crippen molar-refractivity contribution in [1.29, 1.82) is 0 Å². The summed E-state index contributed by atoms with van der Waals surface area (Å²) in [4.78, 5) is 4.47. The predicted molar refractivity (Wildman–Crippen MR) is 92.6 cm³/mol. The number of allylic oxidation sites excluding steroid dienone is 1. The summed E-state index contributed by atoms with van der Waals surface area (Å²) in [5.74, 6) is 0.319. The van der Waals surface area contributed by atoms with Crippen molar-refractivity contribution in [3.05, 3.63) is 64.3 Å². The van der Waals surface area contributed by atoms with E-state index in [-0.39, 0.29) is 6.29 Å². The summed E-state index contributed by atoms with van der Waals surface area (Å²) in [6, 6.07) is 9.36. The molecule has 0 unspecified atom stereocenters. The second-order valence-corrected chi connectivity index (χ2v) is 6.20. The lowest BCUT2D eigenvalue weighted by Crippen LogP contribution is -2.25. The van der Waals surface area contributed by atoms with E-state index in [2.05, 4.69) is 11.1 Å².